The number of benzene rings is 2. The number of alkyl halides is 3. The Morgan fingerprint density at radius 1 is 0.976 bits per heavy atom. The molecule has 0 radical (unpaired) electrons. The number of amides is 1. The first-order chi connectivity index (χ1) is 19.6. The second-order valence-corrected chi connectivity index (χ2v) is 9.67. The van der Waals surface area contributed by atoms with Gasteiger partial charge in [-0.15, -0.1) is 0 Å². The van der Waals surface area contributed by atoms with Crippen molar-refractivity contribution in [2.75, 3.05) is 37.8 Å². The van der Waals surface area contributed by atoms with E-state index in [1.807, 2.05) is 20.2 Å². The lowest BCUT2D eigenvalue weighted by atomic mass is 10.1. The minimum Gasteiger partial charge on any atom is -0.438 e. The number of unbranched alkanes of at least 4 members (excludes halogenated alkanes) is 1. The van der Waals surface area contributed by atoms with Gasteiger partial charge in [-0.25, -0.2) is 15.0 Å². The molecule has 2 N–H and O–H groups in total. The number of aromatic nitrogens is 3. The van der Waals surface area contributed by atoms with Crippen LogP contribution in [-0.2, 0) is 6.18 Å². The molecule has 0 fully saturated rings. The number of carbonyl (C=O) groups excluding carboxylic acids is 1. The molecule has 0 aliphatic carbocycles. The number of halogens is 3. The quantitative estimate of drug-likeness (QED) is 0.197. The van der Waals surface area contributed by atoms with Gasteiger partial charge in [0.1, 0.15) is 5.75 Å². The standard InChI is InChI=1S/C30H31F3N6O2/c1-20-18-23(37-27(40)21-8-6-9-22(19-21)30(31,32)33)11-12-26(20)41-28-24(10-7-15-34-28)25-13-16-36-29(38-25)35-14-4-5-17-39(2)3/h6-13,15-16,18-19H,4-5,14,17H2,1-3H3,(H,37,40)(H,35,36,38). The zero-order valence-corrected chi connectivity index (χ0v) is 23.0. The molecule has 2 aromatic heterocycles. The third kappa shape index (κ3) is 8.24. The van der Waals surface area contributed by atoms with Gasteiger partial charge in [-0.3, -0.25) is 4.79 Å². The van der Waals surface area contributed by atoms with Crippen LogP contribution in [-0.4, -0.2) is 52.9 Å². The van der Waals surface area contributed by atoms with Gasteiger partial charge in [0.05, 0.1) is 16.8 Å². The Labute approximate surface area is 236 Å². The van der Waals surface area contributed by atoms with Crippen molar-refractivity contribution in [3.05, 3.63) is 89.7 Å². The van der Waals surface area contributed by atoms with Crippen LogP contribution >= 0.6 is 0 Å². The van der Waals surface area contributed by atoms with E-state index in [1.54, 1.807) is 49.6 Å². The average molecular weight is 565 g/mol. The fraction of sp³-hybridized carbons (Fsp3) is 0.267. The Balaban J connectivity index is 1.45. The van der Waals surface area contributed by atoms with E-state index >= 15 is 0 Å². The van der Waals surface area contributed by atoms with Crippen molar-refractivity contribution in [2.45, 2.75) is 25.9 Å². The first kappa shape index (κ1) is 29.5. The molecule has 214 valence electrons. The number of anilines is 2. The van der Waals surface area contributed by atoms with E-state index in [2.05, 4.69) is 30.5 Å². The largest absolute Gasteiger partial charge is 0.438 e. The normalized spacial score (nSPS) is 11.4. The predicted octanol–water partition coefficient (Wildman–Crippen LogP) is 6.66. The highest BCUT2D eigenvalue weighted by molar-refractivity contribution is 6.04. The first-order valence-electron chi connectivity index (χ1n) is 13.0. The van der Waals surface area contributed by atoms with Crippen LogP contribution in [0.15, 0.2) is 73.1 Å². The van der Waals surface area contributed by atoms with Crippen LogP contribution in [0.2, 0.25) is 0 Å². The minimum absolute atomic E-state index is 0.0943. The molecule has 0 aliphatic rings. The fourth-order valence-corrected chi connectivity index (χ4v) is 4.00. The second kappa shape index (κ2) is 13.2. The van der Waals surface area contributed by atoms with Gasteiger partial charge in [0.15, 0.2) is 0 Å². The molecular formula is C30H31F3N6O2. The number of ether oxygens (including phenoxy) is 1. The van der Waals surface area contributed by atoms with Crippen molar-refractivity contribution in [3.63, 3.8) is 0 Å². The van der Waals surface area contributed by atoms with Crippen LogP contribution < -0.4 is 15.4 Å². The molecule has 8 nitrogen and oxygen atoms in total. The molecule has 4 rings (SSSR count). The predicted molar refractivity (Wildman–Crippen MR) is 152 cm³/mol. The van der Waals surface area contributed by atoms with E-state index in [0.717, 1.165) is 38.1 Å². The van der Waals surface area contributed by atoms with Gasteiger partial charge in [0.2, 0.25) is 11.8 Å². The number of hydrogen-bond acceptors (Lipinski definition) is 7. The molecule has 0 saturated carbocycles. The minimum atomic E-state index is -4.54. The summed E-state index contributed by atoms with van der Waals surface area (Å²) in [5, 5.41) is 5.90. The average Bonchev–Trinajstić information content (AvgIpc) is 2.94. The number of aryl methyl sites for hydroxylation is 1. The van der Waals surface area contributed by atoms with E-state index in [-0.39, 0.29) is 5.56 Å². The lowest BCUT2D eigenvalue weighted by Gasteiger charge is -2.14. The van der Waals surface area contributed by atoms with Gasteiger partial charge in [0.25, 0.3) is 5.91 Å². The molecule has 2 heterocycles. The monoisotopic (exact) mass is 564 g/mol. The molecule has 2 aromatic carbocycles. The molecule has 0 bridgehead atoms. The Hall–Kier alpha value is -4.51. The van der Waals surface area contributed by atoms with Gasteiger partial charge < -0.3 is 20.3 Å². The summed E-state index contributed by atoms with van der Waals surface area (Å²) < 4.78 is 45.2. The first-order valence-corrected chi connectivity index (χ1v) is 13.0. The van der Waals surface area contributed by atoms with Crippen LogP contribution in [0.4, 0.5) is 24.8 Å². The third-order valence-electron chi connectivity index (χ3n) is 6.11. The van der Waals surface area contributed by atoms with Crippen molar-refractivity contribution in [3.8, 4) is 22.9 Å². The maximum atomic E-state index is 13.0. The van der Waals surface area contributed by atoms with Gasteiger partial charge in [-0.2, -0.15) is 13.2 Å². The summed E-state index contributed by atoms with van der Waals surface area (Å²) in [5.74, 6) is 0.698. The lowest BCUT2D eigenvalue weighted by Crippen LogP contribution is -2.14. The maximum absolute atomic E-state index is 13.0. The molecule has 11 heteroatoms. The number of pyridine rings is 1. The number of nitrogens with one attached hydrogen (secondary N) is 2. The lowest BCUT2D eigenvalue weighted by molar-refractivity contribution is -0.137. The van der Waals surface area contributed by atoms with E-state index in [1.165, 1.54) is 12.1 Å². The Morgan fingerprint density at radius 2 is 1.80 bits per heavy atom. The van der Waals surface area contributed by atoms with Crippen molar-refractivity contribution >= 4 is 17.5 Å². The molecule has 0 saturated heterocycles. The van der Waals surface area contributed by atoms with Crippen molar-refractivity contribution in [1.29, 1.82) is 0 Å². The van der Waals surface area contributed by atoms with Crippen molar-refractivity contribution in [1.82, 2.24) is 19.9 Å². The van der Waals surface area contributed by atoms with Crippen LogP contribution in [0.3, 0.4) is 0 Å². The van der Waals surface area contributed by atoms with Gasteiger partial charge >= 0.3 is 6.18 Å². The van der Waals surface area contributed by atoms with Gasteiger partial charge in [0, 0.05) is 30.2 Å². The summed E-state index contributed by atoms with van der Waals surface area (Å²) in [6, 6.07) is 14.6. The Morgan fingerprint density at radius 3 is 2.56 bits per heavy atom. The van der Waals surface area contributed by atoms with E-state index in [0.29, 0.717) is 40.1 Å². The second-order valence-electron chi connectivity index (χ2n) is 9.67. The highest BCUT2D eigenvalue weighted by atomic mass is 19.4. The number of hydrogen-bond donors (Lipinski definition) is 2. The molecular weight excluding hydrogens is 533 g/mol. The van der Waals surface area contributed by atoms with Crippen LogP contribution in [0.1, 0.15) is 34.3 Å². The molecule has 41 heavy (non-hydrogen) atoms. The highest BCUT2D eigenvalue weighted by Gasteiger charge is 2.31. The van der Waals surface area contributed by atoms with E-state index in [4.69, 9.17) is 4.74 Å². The molecule has 0 aliphatic heterocycles. The van der Waals surface area contributed by atoms with Gasteiger partial charge in [-0.05, 0) is 101 Å². The molecule has 4 aromatic rings. The summed E-state index contributed by atoms with van der Waals surface area (Å²) in [6.45, 7) is 3.56. The van der Waals surface area contributed by atoms with E-state index in [9.17, 15) is 18.0 Å². The van der Waals surface area contributed by atoms with Crippen molar-refractivity contribution < 1.29 is 22.7 Å². The summed E-state index contributed by atoms with van der Waals surface area (Å²) in [6.07, 6.45) is 0.805. The molecule has 0 spiro atoms. The maximum Gasteiger partial charge on any atom is 0.416 e. The Bertz CT molecular complexity index is 1490. The number of rotatable bonds is 11. The van der Waals surface area contributed by atoms with Crippen LogP contribution in [0.25, 0.3) is 11.3 Å². The SMILES string of the molecule is Cc1cc(NC(=O)c2cccc(C(F)(F)F)c2)ccc1Oc1ncccc1-c1ccnc(NCCCCN(C)C)n1. The van der Waals surface area contributed by atoms with E-state index < -0.39 is 17.6 Å². The topological polar surface area (TPSA) is 92.3 Å². The van der Waals surface area contributed by atoms with Crippen molar-refractivity contribution in [2.24, 2.45) is 0 Å². The van der Waals surface area contributed by atoms with Crippen LogP contribution in [0, 0.1) is 6.92 Å². The van der Waals surface area contributed by atoms with Gasteiger partial charge in [-0.1, -0.05) is 6.07 Å². The van der Waals surface area contributed by atoms with Crippen LogP contribution in [0.5, 0.6) is 11.6 Å². The molecule has 1 amide bonds. The Kier molecular flexibility index (Phi) is 9.51. The third-order valence-corrected chi connectivity index (χ3v) is 6.11. The fourth-order valence-electron chi connectivity index (χ4n) is 4.00. The summed E-state index contributed by atoms with van der Waals surface area (Å²) in [5.41, 5.74) is 1.43. The summed E-state index contributed by atoms with van der Waals surface area (Å²) in [4.78, 5) is 28.1. The zero-order valence-electron chi connectivity index (χ0n) is 23.0. The summed E-state index contributed by atoms with van der Waals surface area (Å²) in [7, 11) is 4.10. The molecule has 0 atom stereocenters. The zero-order chi connectivity index (χ0) is 29.4. The summed E-state index contributed by atoms with van der Waals surface area (Å²) >= 11 is 0. The highest BCUT2D eigenvalue weighted by Crippen LogP contribution is 2.33. The number of carbonyl (C=O) groups is 1. The number of nitrogens with zero attached hydrogens (tertiary/aromatic N) is 4. The smallest absolute Gasteiger partial charge is 0.416 e. The molecule has 0 unspecified atom stereocenters.